The van der Waals surface area contributed by atoms with Crippen LogP contribution in [0.2, 0.25) is 0 Å². The second kappa shape index (κ2) is 9.05. The maximum absolute atomic E-state index is 12.3. The molecule has 2 heterocycles. The number of likely N-dealkylation sites (tertiary alicyclic amines) is 1. The second-order valence-corrected chi connectivity index (χ2v) is 5.58. The van der Waals surface area contributed by atoms with E-state index in [1.807, 2.05) is 4.90 Å². The molecule has 5 nitrogen and oxygen atoms in total. The van der Waals surface area contributed by atoms with Crippen molar-refractivity contribution in [2.45, 2.75) is 38.1 Å². The molecule has 2 amide bonds. The van der Waals surface area contributed by atoms with E-state index in [2.05, 4.69) is 11.9 Å². The lowest BCUT2D eigenvalue weighted by Crippen LogP contribution is -2.56. The zero-order valence-electron chi connectivity index (χ0n) is 12.6. The van der Waals surface area contributed by atoms with E-state index in [0.29, 0.717) is 13.1 Å². The second-order valence-electron chi connectivity index (χ2n) is 5.58. The molecule has 0 aromatic rings. The molecule has 2 aliphatic heterocycles. The Morgan fingerprint density at radius 1 is 1.24 bits per heavy atom. The number of amides is 2. The van der Waals surface area contributed by atoms with E-state index < -0.39 is 0 Å². The molecule has 0 aromatic carbocycles. The normalized spacial score (nSPS) is 23.2. The number of nitrogens with zero attached hydrogens (tertiary/aromatic N) is 2. The molecule has 0 spiro atoms. The van der Waals surface area contributed by atoms with Crippen molar-refractivity contribution in [3.05, 3.63) is 12.7 Å². The van der Waals surface area contributed by atoms with Gasteiger partial charge in [-0.05, 0) is 12.8 Å². The lowest BCUT2D eigenvalue weighted by molar-refractivity contribution is -0.140. The van der Waals surface area contributed by atoms with Gasteiger partial charge in [0.2, 0.25) is 11.8 Å². The fourth-order valence-corrected chi connectivity index (χ4v) is 2.91. The number of piperazine rings is 1. The van der Waals surface area contributed by atoms with Gasteiger partial charge in [0.05, 0.1) is 12.5 Å². The number of hydrogen-bond acceptors (Lipinski definition) is 3. The largest absolute Gasteiger partial charge is 0.343 e. The van der Waals surface area contributed by atoms with Gasteiger partial charge in [-0.3, -0.25) is 9.59 Å². The van der Waals surface area contributed by atoms with Crippen LogP contribution in [0.3, 0.4) is 0 Å². The summed E-state index contributed by atoms with van der Waals surface area (Å²) < 4.78 is 0. The van der Waals surface area contributed by atoms with Crippen molar-refractivity contribution in [3.63, 3.8) is 0 Å². The topological polar surface area (TPSA) is 52.7 Å². The molecule has 0 saturated carbocycles. The predicted molar refractivity (Wildman–Crippen MR) is 85.5 cm³/mol. The Morgan fingerprint density at radius 3 is 2.52 bits per heavy atom. The van der Waals surface area contributed by atoms with Gasteiger partial charge in [0.1, 0.15) is 0 Å². The summed E-state index contributed by atoms with van der Waals surface area (Å²) >= 11 is 0. The highest BCUT2D eigenvalue weighted by Crippen LogP contribution is 2.13. The molecule has 0 radical (unpaired) electrons. The Kier molecular flexibility index (Phi) is 7.75. The fraction of sp³-hybridized carbons (Fsp3) is 0.733. The van der Waals surface area contributed by atoms with Crippen molar-refractivity contribution in [1.29, 1.82) is 0 Å². The highest BCUT2D eigenvalue weighted by Gasteiger charge is 2.30. The molecular weight excluding hydrogens is 290 g/mol. The molecule has 1 unspecified atom stereocenters. The Hall–Kier alpha value is -1.07. The van der Waals surface area contributed by atoms with Gasteiger partial charge in [0, 0.05) is 32.7 Å². The summed E-state index contributed by atoms with van der Waals surface area (Å²) in [6.07, 6.45) is 6.60. The highest BCUT2D eigenvalue weighted by molar-refractivity contribution is 5.89. The summed E-state index contributed by atoms with van der Waals surface area (Å²) in [5.74, 6) is 0.137. The molecule has 6 heteroatoms. The third kappa shape index (κ3) is 5.00. The summed E-state index contributed by atoms with van der Waals surface area (Å²) in [4.78, 5) is 28.3. The first-order chi connectivity index (χ1) is 9.72. The number of nitrogens with one attached hydrogen (secondary N) is 1. The molecule has 0 bridgehead atoms. The van der Waals surface area contributed by atoms with E-state index in [9.17, 15) is 9.59 Å². The molecule has 0 aliphatic carbocycles. The van der Waals surface area contributed by atoms with E-state index in [-0.39, 0.29) is 36.7 Å². The van der Waals surface area contributed by atoms with E-state index >= 15 is 0 Å². The first-order valence-electron chi connectivity index (χ1n) is 7.63. The van der Waals surface area contributed by atoms with Crippen molar-refractivity contribution >= 4 is 24.2 Å². The van der Waals surface area contributed by atoms with Crippen molar-refractivity contribution in [2.75, 3.05) is 32.7 Å². The van der Waals surface area contributed by atoms with Gasteiger partial charge in [0.15, 0.2) is 0 Å². The smallest absolute Gasteiger partial charge is 0.240 e. The quantitative estimate of drug-likeness (QED) is 0.793. The molecule has 21 heavy (non-hydrogen) atoms. The van der Waals surface area contributed by atoms with E-state index in [1.165, 1.54) is 12.8 Å². The molecule has 2 fully saturated rings. The van der Waals surface area contributed by atoms with Crippen LogP contribution in [0.5, 0.6) is 0 Å². The third-order valence-electron chi connectivity index (χ3n) is 4.07. The van der Waals surface area contributed by atoms with Crippen LogP contribution in [0.15, 0.2) is 12.7 Å². The van der Waals surface area contributed by atoms with Crippen LogP contribution >= 0.6 is 12.4 Å². The highest BCUT2D eigenvalue weighted by atomic mass is 35.5. The molecule has 1 N–H and O–H groups in total. The van der Waals surface area contributed by atoms with Crippen LogP contribution in [0.25, 0.3) is 0 Å². The van der Waals surface area contributed by atoms with Gasteiger partial charge in [-0.1, -0.05) is 18.9 Å². The van der Waals surface area contributed by atoms with Crippen LogP contribution < -0.4 is 5.32 Å². The molecule has 120 valence electrons. The molecule has 2 rings (SSSR count). The van der Waals surface area contributed by atoms with Crippen LogP contribution in [0.1, 0.15) is 32.1 Å². The Bertz CT molecular complexity index is 368. The van der Waals surface area contributed by atoms with E-state index in [0.717, 1.165) is 32.5 Å². The van der Waals surface area contributed by atoms with Gasteiger partial charge >= 0.3 is 0 Å². The number of carbonyl (C=O) groups excluding carboxylic acids is 2. The molecule has 1 atom stereocenters. The molecular formula is C15H26ClN3O2. The monoisotopic (exact) mass is 315 g/mol. The maximum atomic E-state index is 12.3. The number of carbonyl (C=O) groups is 2. The summed E-state index contributed by atoms with van der Waals surface area (Å²) in [5, 5.41) is 3.17. The summed E-state index contributed by atoms with van der Waals surface area (Å²) in [5.41, 5.74) is 0. The lowest BCUT2D eigenvalue weighted by atomic mass is 10.1. The first kappa shape index (κ1) is 18.0. The summed E-state index contributed by atoms with van der Waals surface area (Å²) in [6, 6.07) is -0.362. The standard InChI is InChI=1S/C15H25N3O2.ClH/c1-2-8-18-11-7-16-13(15(18)20)12-14(19)17-9-5-3-4-6-10-17;/h2,13,16H,1,3-12H2;1H. The Labute approximate surface area is 133 Å². The average Bonchev–Trinajstić information content (AvgIpc) is 2.72. The zero-order chi connectivity index (χ0) is 14.4. The van der Waals surface area contributed by atoms with Gasteiger partial charge in [-0.2, -0.15) is 0 Å². The minimum atomic E-state index is -0.362. The number of rotatable bonds is 4. The zero-order valence-corrected chi connectivity index (χ0v) is 13.4. The van der Waals surface area contributed by atoms with Crippen LogP contribution in [0, 0.1) is 0 Å². The Balaban J connectivity index is 0.00000220. The van der Waals surface area contributed by atoms with Gasteiger partial charge in [0.25, 0.3) is 0 Å². The fourth-order valence-electron chi connectivity index (χ4n) is 2.91. The van der Waals surface area contributed by atoms with Crippen LogP contribution in [-0.2, 0) is 9.59 Å². The van der Waals surface area contributed by atoms with Crippen LogP contribution in [-0.4, -0.2) is 60.4 Å². The number of halogens is 1. The minimum absolute atomic E-state index is 0. The van der Waals surface area contributed by atoms with E-state index in [4.69, 9.17) is 0 Å². The Morgan fingerprint density at radius 2 is 1.90 bits per heavy atom. The average molecular weight is 316 g/mol. The first-order valence-corrected chi connectivity index (χ1v) is 7.63. The summed E-state index contributed by atoms with van der Waals surface area (Å²) in [7, 11) is 0. The van der Waals surface area contributed by atoms with Crippen molar-refractivity contribution in [1.82, 2.24) is 15.1 Å². The van der Waals surface area contributed by atoms with Gasteiger partial charge in [-0.25, -0.2) is 0 Å². The van der Waals surface area contributed by atoms with Gasteiger partial charge < -0.3 is 15.1 Å². The van der Waals surface area contributed by atoms with Crippen LogP contribution in [0.4, 0.5) is 0 Å². The predicted octanol–water partition coefficient (Wildman–Crippen LogP) is 1.19. The minimum Gasteiger partial charge on any atom is -0.343 e. The third-order valence-corrected chi connectivity index (χ3v) is 4.07. The lowest BCUT2D eigenvalue weighted by Gasteiger charge is -2.33. The van der Waals surface area contributed by atoms with Gasteiger partial charge in [-0.15, -0.1) is 19.0 Å². The molecule has 2 saturated heterocycles. The van der Waals surface area contributed by atoms with Crippen molar-refractivity contribution in [3.8, 4) is 0 Å². The van der Waals surface area contributed by atoms with Crippen molar-refractivity contribution < 1.29 is 9.59 Å². The van der Waals surface area contributed by atoms with E-state index in [1.54, 1.807) is 11.0 Å². The maximum Gasteiger partial charge on any atom is 0.240 e. The molecule has 0 aromatic heterocycles. The molecule has 2 aliphatic rings. The van der Waals surface area contributed by atoms with Crippen molar-refractivity contribution in [2.24, 2.45) is 0 Å². The SMILES string of the molecule is C=CCN1CCNC(CC(=O)N2CCCCCC2)C1=O.Cl. The summed E-state index contributed by atoms with van der Waals surface area (Å²) in [6.45, 7) is 7.36. The number of hydrogen-bond donors (Lipinski definition) is 1.